The van der Waals surface area contributed by atoms with Crippen LogP contribution in [0, 0.1) is 6.92 Å². The Morgan fingerprint density at radius 2 is 1.72 bits per heavy atom. The van der Waals surface area contributed by atoms with Gasteiger partial charge >= 0.3 is 0 Å². The number of anilines is 3. The van der Waals surface area contributed by atoms with Gasteiger partial charge in [0.1, 0.15) is 11.6 Å². The van der Waals surface area contributed by atoms with Gasteiger partial charge in [-0.25, -0.2) is 4.98 Å². The number of aromatic hydroxyl groups is 1. The van der Waals surface area contributed by atoms with Crippen molar-refractivity contribution < 1.29 is 19.4 Å². The minimum atomic E-state index is -0.350. The van der Waals surface area contributed by atoms with Crippen LogP contribution in [0.15, 0.2) is 60.8 Å². The van der Waals surface area contributed by atoms with Crippen molar-refractivity contribution in [2.75, 3.05) is 41.8 Å². The summed E-state index contributed by atoms with van der Waals surface area (Å²) in [6.07, 6.45) is 1.62. The lowest BCUT2D eigenvalue weighted by Gasteiger charge is -2.27. The molecule has 3 N–H and O–H groups in total. The maximum atomic E-state index is 12.8. The van der Waals surface area contributed by atoms with E-state index in [2.05, 4.69) is 20.5 Å². The molecule has 3 aromatic rings. The van der Waals surface area contributed by atoms with E-state index in [1.165, 1.54) is 12.1 Å². The first-order valence-electron chi connectivity index (χ1n) is 10.3. The van der Waals surface area contributed by atoms with E-state index >= 15 is 0 Å². The molecule has 1 saturated heterocycles. The average molecular weight is 432 g/mol. The first-order valence-corrected chi connectivity index (χ1v) is 10.3. The van der Waals surface area contributed by atoms with Crippen molar-refractivity contribution >= 4 is 29.0 Å². The summed E-state index contributed by atoms with van der Waals surface area (Å²) < 4.78 is 5.37. The zero-order valence-corrected chi connectivity index (χ0v) is 17.7. The Morgan fingerprint density at radius 1 is 0.969 bits per heavy atom. The van der Waals surface area contributed by atoms with E-state index in [9.17, 15) is 14.7 Å². The van der Waals surface area contributed by atoms with Crippen LogP contribution < -0.4 is 15.5 Å². The number of carbonyl (C=O) groups excluding carboxylic acids is 2. The number of benzene rings is 2. The summed E-state index contributed by atoms with van der Waals surface area (Å²) in [7, 11) is 0. The Kier molecular flexibility index (Phi) is 6.32. The molecule has 0 spiro atoms. The Morgan fingerprint density at radius 3 is 2.50 bits per heavy atom. The predicted octanol–water partition coefficient (Wildman–Crippen LogP) is 3.44. The Bertz CT molecular complexity index is 1140. The fourth-order valence-corrected chi connectivity index (χ4v) is 3.40. The molecule has 1 aromatic heterocycles. The lowest BCUT2D eigenvalue weighted by atomic mass is 10.1. The molecule has 0 aliphatic carbocycles. The quantitative estimate of drug-likeness (QED) is 0.571. The zero-order chi connectivity index (χ0) is 22.5. The van der Waals surface area contributed by atoms with Crippen molar-refractivity contribution in [2.45, 2.75) is 6.92 Å². The van der Waals surface area contributed by atoms with Crippen LogP contribution in [0.25, 0.3) is 0 Å². The molecule has 8 nitrogen and oxygen atoms in total. The number of amides is 2. The van der Waals surface area contributed by atoms with Crippen LogP contribution in [0.2, 0.25) is 0 Å². The van der Waals surface area contributed by atoms with Crippen molar-refractivity contribution in [2.24, 2.45) is 0 Å². The third-order valence-corrected chi connectivity index (χ3v) is 5.19. The van der Waals surface area contributed by atoms with Crippen LogP contribution in [-0.4, -0.2) is 48.2 Å². The minimum absolute atomic E-state index is 0.0178. The normalized spacial score (nSPS) is 13.5. The summed E-state index contributed by atoms with van der Waals surface area (Å²) in [4.78, 5) is 31.8. The van der Waals surface area contributed by atoms with Crippen LogP contribution >= 0.6 is 0 Å². The molecule has 0 unspecified atom stereocenters. The van der Waals surface area contributed by atoms with E-state index in [0.29, 0.717) is 35.7 Å². The molecule has 2 heterocycles. The van der Waals surface area contributed by atoms with Gasteiger partial charge in [-0.2, -0.15) is 0 Å². The van der Waals surface area contributed by atoms with Gasteiger partial charge in [-0.3, -0.25) is 9.59 Å². The molecule has 2 amide bonds. The van der Waals surface area contributed by atoms with Crippen molar-refractivity contribution in [1.82, 2.24) is 4.98 Å². The van der Waals surface area contributed by atoms with E-state index in [1.807, 2.05) is 13.0 Å². The van der Waals surface area contributed by atoms with Crippen molar-refractivity contribution in [1.29, 1.82) is 0 Å². The van der Waals surface area contributed by atoms with E-state index in [-0.39, 0.29) is 17.6 Å². The van der Waals surface area contributed by atoms with Gasteiger partial charge in [-0.1, -0.05) is 12.1 Å². The molecule has 1 aliphatic rings. The summed E-state index contributed by atoms with van der Waals surface area (Å²) in [6.45, 7) is 4.61. The number of nitrogens with one attached hydrogen (secondary N) is 2. The van der Waals surface area contributed by atoms with Crippen LogP contribution in [0.4, 0.5) is 17.2 Å². The SMILES string of the molecule is Cc1ccc(NC(=O)c2ccnc(N3CCOCC3)c2)cc1NC(=O)c1cccc(O)c1. The van der Waals surface area contributed by atoms with E-state index in [1.54, 1.807) is 42.6 Å². The number of phenols is 1. The highest BCUT2D eigenvalue weighted by atomic mass is 16.5. The number of aryl methyl sites for hydroxylation is 1. The number of morpholine rings is 1. The highest BCUT2D eigenvalue weighted by Crippen LogP contribution is 2.23. The Labute approximate surface area is 185 Å². The summed E-state index contributed by atoms with van der Waals surface area (Å²) in [6, 6.07) is 14.9. The molecule has 164 valence electrons. The van der Waals surface area contributed by atoms with Crippen LogP contribution in [0.1, 0.15) is 26.3 Å². The second-order valence-corrected chi connectivity index (χ2v) is 7.49. The van der Waals surface area contributed by atoms with Gasteiger partial charge < -0.3 is 25.4 Å². The Balaban J connectivity index is 1.48. The molecule has 8 heteroatoms. The summed E-state index contributed by atoms with van der Waals surface area (Å²) in [5.74, 6) is 0.140. The lowest BCUT2D eigenvalue weighted by Crippen LogP contribution is -2.36. The highest BCUT2D eigenvalue weighted by molar-refractivity contribution is 6.07. The molecule has 4 rings (SSSR count). The number of hydrogen-bond donors (Lipinski definition) is 3. The molecule has 32 heavy (non-hydrogen) atoms. The second kappa shape index (κ2) is 9.49. The third kappa shape index (κ3) is 5.04. The van der Waals surface area contributed by atoms with E-state index in [0.717, 1.165) is 24.5 Å². The Hall–Kier alpha value is -3.91. The van der Waals surface area contributed by atoms with Crippen molar-refractivity contribution in [3.8, 4) is 5.75 Å². The minimum Gasteiger partial charge on any atom is -0.508 e. The number of nitrogens with zero attached hydrogens (tertiary/aromatic N) is 2. The number of ether oxygens (including phenoxy) is 1. The summed E-state index contributed by atoms with van der Waals surface area (Å²) in [5.41, 5.74) is 2.80. The van der Waals surface area contributed by atoms with Crippen molar-refractivity contribution in [3.05, 3.63) is 77.5 Å². The number of rotatable bonds is 5. The van der Waals surface area contributed by atoms with Gasteiger partial charge in [0.2, 0.25) is 0 Å². The average Bonchev–Trinajstić information content (AvgIpc) is 2.82. The number of phenolic OH excluding ortho intramolecular Hbond substituents is 1. The lowest BCUT2D eigenvalue weighted by molar-refractivity contribution is 0.101. The van der Waals surface area contributed by atoms with Gasteiger partial charge in [0, 0.05) is 41.8 Å². The first kappa shape index (κ1) is 21.3. The van der Waals surface area contributed by atoms with Gasteiger partial charge in [-0.05, 0) is 55.0 Å². The predicted molar refractivity (Wildman–Crippen MR) is 122 cm³/mol. The highest BCUT2D eigenvalue weighted by Gasteiger charge is 2.15. The van der Waals surface area contributed by atoms with Crippen LogP contribution in [0.3, 0.4) is 0 Å². The molecule has 0 bridgehead atoms. The maximum absolute atomic E-state index is 12.8. The van der Waals surface area contributed by atoms with E-state index in [4.69, 9.17) is 4.74 Å². The standard InChI is InChI=1S/C24H24N4O4/c1-16-5-6-19(15-21(16)27-24(31)17-3-2-4-20(29)13-17)26-23(30)18-7-8-25-22(14-18)28-9-11-32-12-10-28/h2-8,13-15,29H,9-12H2,1H3,(H,26,30)(H,27,31). The molecule has 0 saturated carbocycles. The van der Waals surface area contributed by atoms with Gasteiger partial charge in [0.25, 0.3) is 11.8 Å². The second-order valence-electron chi connectivity index (χ2n) is 7.49. The molecular weight excluding hydrogens is 408 g/mol. The zero-order valence-electron chi connectivity index (χ0n) is 17.7. The fourth-order valence-electron chi connectivity index (χ4n) is 3.40. The van der Waals surface area contributed by atoms with E-state index < -0.39 is 0 Å². The number of hydrogen-bond acceptors (Lipinski definition) is 6. The maximum Gasteiger partial charge on any atom is 0.255 e. The largest absolute Gasteiger partial charge is 0.508 e. The fraction of sp³-hybridized carbons (Fsp3) is 0.208. The molecular formula is C24H24N4O4. The summed E-state index contributed by atoms with van der Waals surface area (Å²) >= 11 is 0. The molecule has 1 aliphatic heterocycles. The molecule has 0 radical (unpaired) electrons. The smallest absolute Gasteiger partial charge is 0.255 e. The molecule has 2 aromatic carbocycles. The summed E-state index contributed by atoms with van der Waals surface area (Å²) in [5, 5.41) is 15.3. The molecule has 1 fully saturated rings. The molecule has 0 atom stereocenters. The number of aromatic nitrogens is 1. The van der Waals surface area contributed by atoms with Crippen LogP contribution in [0.5, 0.6) is 5.75 Å². The monoisotopic (exact) mass is 432 g/mol. The number of pyridine rings is 1. The number of carbonyl (C=O) groups is 2. The third-order valence-electron chi connectivity index (χ3n) is 5.19. The van der Waals surface area contributed by atoms with Gasteiger partial charge in [-0.15, -0.1) is 0 Å². The first-order chi connectivity index (χ1) is 15.5. The van der Waals surface area contributed by atoms with Crippen molar-refractivity contribution in [3.63, 3.8) is 0 Å². The topological polar surface area (TPSA) is 104 Å². The van der Waals surface area contributed by atoms with Crippen LogP contribution in [-0.2, 0) is 4.74 Å². The van der Waals surface area contributed by atoms with Gasteiger partial charge in [0.15, 0.2) is 0 Å². The van der Waals surface area contributed by atoms with Gasteiger partial charge in [0.05, 0.1) is 13.2 Å².